The van der Waals surface area contributed by atoms with E-state index in [1.54, 1.807) is 0 Å². The van der Waals surface area contributed by atoms with Gasteiger partial charge in [0.1, 0.15) is 42.3 Å². The molecule has 504 valence electrons. The number of phosphoric ester groups is 1. The van der Waals surface area contributed by atoms with E-state index in [1.807, 2.05) is 6.92 Å². The Morgan fingerprint density at radius 3 is 1.52 bits per heavy atom. The highest BCUT2D eigenvalue weighted by molar-refractivity contribution is 7.46. The molecule has 0 radical (unpaired) electrons. The lowest BCUT2D eigenvalue weighted by Crippen LogP contribution is -2.67. The Balaban J connectivity index is 2.37. The van der Waals surface area contributed by atoms with E-state index in [-0.39, 0.29) is 44.2 Å². The van der Waals surface area contributed by atoms with E-state index in [1.165, 1.54) is 77.0 Å². The van der Waals surface area contributed by atoms with Crippen molar-refractivity contribution in [1.29, 1.82) is 0 Å². The molecule has 86 heavy (non-hydrogen) atoms. The SMILES string of the molecule is CCCCCC/C=C\CCCCCCCCCC(=O)N[C@H]1[C@H](OC[C@H]2O[C@H](OP(=O)(O)O)[C@H](NC(=O)CC(=O)CCCCCCCCCCC)[C@@H](OCCCCCCCCCC)[C@@H]2O)O[C@H](CC)[C@@H](O[P+](=O)O)[C@@H]1OCC[C@H](C)CCCCCCC. The molecule has 2 aliphatic rings. The monoisotopic (exact) mass is 1260 g/mol. The number of unbranched alkanes of at least 4 members (excludes halogenated alkanes) is 30. The van der Waals surface area contributed by atoms with Crippen LogP contribution in [-0.2, 0) is 56.2 Å². The number of hydrogen-bond donors (Lipinski definition) is 6. The zero-order chi connectivity index (χ0) is 63.1. The molecule has 0 bridgehead atoms. The summed E-state index contributed by atoms with van der Waals surface area (Å²) < 4.78 is 68.2. The minimum Gasteiger partial charge on any atom is -0.388 e. The quantitative estimate of drug-likeness (QED) is 0.0143. The number of ether oxygens (including phenoxy) is 5. The highest BCUT2D eigenvalue weighted by Gasteiger charge is 2.54. The number of carbonyl (C=O) groups is 3. The zero-order valence-electron chi connectivity index (χ0n) is 54.7. The first-order chi connectivity index (χ1) is 41.6. The largest absolute Gasteiger partial charge is 0.695 e. The lowest BCUT2D eigenvalue weighted by atomic mass is 9.94. The van der Waals surface area contributed by atoms with E-state index in [2.05, 4.69) is 57.4 Å². The van der Waals surface area contributed by atoms with Gasteiger partial charge in [-0.05, 0) is 63.7 Å². The number of rotatable bonds is 57. The van der Waals surface area contributed by atoms with Crippen molar-refractivity contribution in [2.75, 3.05) is 19.8 Å². The van der Waals surface area contributed by atoms with Gasteiger partial charge in [-0.1, -0.05) is 240 Å². The molecule has 20 heteroatoms. The van der Waals surface area contributed by atoms with E-state index in [0.717, 1.165) is 135 Å². The minimum atomic E-state index is -5.34. The summed E-state index contributed by atoms with van der Waals surface area (Å²) >= 11 is 0. The van der Waals surface area contributed by atoms with Gasteiger partial charge in [-0.15, -0.1) is 9.42 Å². The third-order valence-electron chi connectivity index (χ3n) is 16.9. The number of aliphatic hydroxyl groups is 1. The number of nitrogens with one attached hydrogen (secondary N) is 2. The maximum atomic E-state index is 14.1. The Labute approximate surface area is 522 Å². The number of ketones is 1. The number of hydrogen-bond acceptors (Lipinski definition) is 13. The number of aliphatic hydroxyl groups excluding tert-OH is 1. The van der Waals surface area contributed by atoms with Crippen LogP contribution in [0, 0.1) is 5.92 Å². The summed E-state index contributed by atoms with van der Waals surface area (Å²) in [5.41, 5.74) is 0. The van der Waals surface area contributed by atoms with Gasteiger partial charge in [0.15, 0.2) is 18.7 Å². The van der Waals surface area contributed by atoms with E-state index in [0.29, 0.717) is 31.6 Å². The molecule has 0 aromatic rings. The molecule has 6 N–H and O–H groups in total. The van der Waals surface area contributed by atoms with Crippen LogP contribution in [0.3, 0.4) is 0 Å². The number of Topliss-reactive ketones (excluding diaryl/α,β-unsaturated/α-hetero) is 1. The van der Waals surface area contributed by atoms with Crippen LogP contribution in [0.2, 0.25) is 0 Å². The van der Waals surface area contributed by atoms with E-state index in [9.17, 15) is 43.3 Å². The van der Waals surface area contributed by atoms with Crippen molar-refractivity contribution in [3.8, 4) is 0 Å². The van der Waals surface area contributed by atoms with Crippen molar-refractivity contribution in [3.63, 3.8) is 0 Å². The van der Waals surface area contributed by atoms with Gasteiger partial charge in [-0.3, -0.25) is 18.9 Å². The summed E-state index contributed by atoms with van der Waals surface area (Å²) in [7, 11) is -8.48. The van der Waals surface area contributed by atoms with Crippen LogP contribution in [0.5, 0.6) is 0 Å². The third-order valence-corrected chi connectivity index (χ3v) is 17.8. The van der Waals surface area contributed by atoms with Gasteiger partial charge < -0.3 is 49.2 Å². The molecule has 2 rings (SSSR count). The van der Waals surface area contributed by atoms with Crippen molar-refractivity contribution < 1.29 is 76.0 Å². The average Bonchev–Trinajstić information content (AvgIpc) is 1.69. The Hall–Kier alpha value is -1.76. The fourth-order valence-electron chi connectivity index (χ4n) is 11.6. The molecule has 1 unspecified atom stereocenters. The summed E-state index contributed by atoms with van der Waals surface area (Å²) in [6.45, 7) is 12.6. The Bertz CT molecular complexity index is 1800. The van der Waals surface area contributed by atoms with Gasteiger partial charge in [0, 0.05) is 30.6 Å². The second-order valence-corrected chi connectivity index (χ2v) is 26.7. The van der Waals surface area contributed by atoms with Gasteiger partial charge in [0.25, 0.3) is 0 Å². The maximum Gasteiger partial charge on any atom is 0.695 e. The molecule has 2 heterocycles. The van der Waals surface area contributed by atoms with Crippen molar-refractivity contribution in [3.05, 3.63) is 12.2 Å². The lowest BCUT2D eigenvalue weighted by molar-refractivity contribution is -0.297. The van der Waals surface area contributed by atoms with Gasteiger partial charge in [0.05, 0.1) is 19.1 Å². The molecule has 0 saturated carbocycles. The Kier molecular flexibility index (Phi) is 48.4. The van der Waals surface area contributed by atoms with Gasteiger partial charge in [-0.2, -0.15) is 0 Å². The van der Waals surface area contributed by atoms with Crippen LogP contribution >= 0.6 is 16.1 Å². The molecule has 0 aromatic heterocycles. The summed E-state index contributed by atoms with van der Waals surface area (Å²) in [6.07, 6.45) is 33.7. The molecule has 0 aromatic carbocycles. The van der Waals surface area contributed by atoms with Crippen molar-refractivity contribution >= 4 is 33.7 Å². The standard InChI is InChI=1S/C66H124N2O16P2/c1-7-12-16-20-23-26-27-28-29-30-31-33-35-39-43-47-57(70)67-60-64(79-50-48-53(6)45-41-37-19-15-10-4)62(83-85(73)74)55(11-5)81-65(60)80-52-56-61(72)63(78-49-44-40-36-25-22-18-14-9-3)59(66(82-56)84-86(75,76)77)68-58(71)51-54(69)46-42-38-34-32-24-21-17-13-8-2/h26-27,53,55-56,59-66,72H,7-25,28-52H2,1-6H3,(H4-,67,68,70,71,73,74,75,76,77)/p+1/b27-26-/t53-,55-,56-,59-,60-,61-,62-,63-,64-,65-,66-/m1/s1. The topological polar surface area (TPSA) is 255 Å². The fraction of sp³-hybridized carbons (Fsp3) is 0.924. The first-order valence-electron chi connectivity index (χ1n) is 34.7. The van der Waals surface area contributed by atoms with Crippen LogP contribution in [0.1, 0.15) is 305 Å². The van der Waals surface area contributed by atoms with Crippen molar-refractivity contribution in [2.24, 2.45) is 5.92 Å². The van der Waals surface area contributed by atoms with E-state index < -0.39 is 96.3 Å². The molecule has 0 aliphatic carbocycles. The molecule has 18 nitrogen and oxygen atoms in total. The van der Waals surface area contributed by atoms with Crippen LogP contribution < -0.4 is 10.6 Å². The van der Waals surface area contributed by atoms with Crippen LogP contribution in [-0.4, -0.2) is 118 Å². The normalized spacial score (nSPS) is 23.2. The molecule has 2 saturated heterocycles. The van der Waals surface area contributed by atoms with Crippen molar-refractivity contribution in [2.45, 2.75) is 366 Å². The predicted octanol–water partition coefficient (Wildman–Crippen LogP) is 15.6. The van der Waals surface area contributed by atoms with Crippen LogP contribution in [0.25, 0.3) is 0 Å². The Morgan fingerprint density at radius 1 is 0.535 bits per heavy atom. The van der Waals surface area contributed by atoms with E-state index >= 15 is 0 Å². The molecule has 2 fully saturated rings. The predicted molar refractivity (Wildman–Crippen MR) is 341 cm³/mol. The first-order valence-corrected chi connectivity index (χ1v) is 37.4. The molecular weight excluding hydrogens is 1140 g/mol. The maximum absolute atomic E-state index is 14.1. The number of allylic oxidation sites excluding steroid dienone is 2. The molecule has 12 atom stereocenters. The molecule has 2 amide bonds. The van der Waals surface area contributed by atoms with Gasteiger partial charge in [-0.25, -0.2) is 4.57 Å². The molecular formula is C66H125N2O16P2+. The molecule has 2 aliphatic heterocycles. The highest BCUT2D eigenvalue weighted by Crippen LogP contribution is 2.42. The summed E-state index contributed by atoms with van der Waals surface area (Å²) in [6, 6.07) is -2.57. The average molecular weight is 1260 g/mol. The summed E-state index contributed by atoms with van der Waals surface area (Å²) in [5.74, 6) is -1.03. The lowest BCUT2D eigenvalue weighted by Gasteiger charge is -2.46. The van der Waals surface area contributed by atoms with Gasteiger partial charge in [0.2, 0.25) is 11.8 Å². The van der Waals surface area contributed by atoms with Crippen molar-refractivity contribution in [1.82, 2.24) is 10.6 Å². The zero-order valence-corrected chi connectivity index (χ0v) is 56.5. The minimum absolute atomic E-state index is 0.122. The third kappa shape index (κ3) is 38.8. The second-order valence-electron chi connectivity index (χ2n) is 24.8. The fourth-order valence-corrected chi connectivity index (χ4v) is 12.5. The van der Waals surface area contributed by atoms with Crippen LogP contribution in [0.4, 0.5) is 0 Å². The number of phosphoric acid groups is 1. The number of carbonyl (C=O) groups excluding carboxylic acids is 3. The summed E-state index contributed by atoms with van der Waals surface area (Å²) in [5, 5.41) is 18.0. The second kappa shape index (κ2) is 51.8. The molecule has 0 spiro atoms. The highest BCUT2D eigenvalue weighted by atomic mass is 31.2. The summed E-state index contributed by atoms with van der Waals surface area (Å²) in [4.78, 5) is 71.5. The first kappa shape index (κ1) is 80.3. The van der Waals surface area contributed by atoms with Gasteiger partial charge >= 0.3 is 16.1 Å². The van der Waals surface area contributed by atoms with E-state index in [4.69, 9.17) is 32.7 Å². The van der Waals surface area contributed by atoms with Crippen LogP contribution in [0.15, 0.2) is 12.2 Å². The Morgan fingerprint density at radius 2 is 0.988 bits per heavy atom. The smallest absolute Gasteiger partial charge is 0.388 e. The number of amides is 2.